The van der Waals surface area contributed by atoms with Crippen molar-refractivity contribution in [1.29, 1.82) is 0 Å². The molecule has 0 aliphatic carbocycles. The summed E-state index contributed by atoms with van der Waals surface area (Å²) in [5.41, 5.74) is 5.39. The normalized spacial score (nSPS) is 13.9. The lowest BCUT2D eigenvalue weighted by atomic mass is 10.0. The molecule has 0 unspecified atom stereocenters. The van der Waals surface area contributed by atoms with Gasteiger partial charge in [-0.1, -0.05) is 65.2 Å². The molecule has 30 heavy (non-hydrogen) atoms. The van der Waals surface area contributed by atoms with Crippen molar-refractivity contribution >= 4 is 40.4 Å². The topological polar surface area (TPSA) is 49.4 Å². The van der Waals surface area contributed by atoms with E-state index in [0.717, 1.165) is 16.8 Å². The molecule has 5 heteroatoms. The predicted molar refractivity (Wildman–Crippen MR) is 122 cm³/mol. The van der Waals surface area contributed by atoms with Crippen LogP contribution in [0.5, 0.6) is 0 Å². The highest BCUT2D eigenvalue weighted by Crippen LogP contribution is 2.36. The summed E-state index contributed by atoms with van der Waals surface area (Å²) in [4.78, 5) is 28.1. The van der Waals surface area contributed by atoms with Crippen molar-refractivity contribution in [1.82, 2.24) is 0 Å². The van der Waals surface area contributed by atoms with Gasteiger partial charge >= 0.3 is 0 Å². The molecule has 0 radical (unpaired) electrons. The first-order chi connectivity index (χ1) is 14.4. The largest absolute Gasteiger partial charge is 0.350 e. The Morgan fingerprint density at radius 1 is 0.767 bits per heavy atom. The fourth-order valence-corrected chi connectivity index (χ4v) is 3.64. The van der Waals surface area contributed by atoms with E-state index in [1.54, 1.807) is 25.1 Å². The second-order valence-corrected chi connectivity index (χ2v) is 7.84. The molecule has 0 atom stereocenters. The molecule has 3 aromatic carbocycles. The third-order valence-electron chi connectivity index (χ3n) is 5.23. The fraction of sp³-hybridized carbons (Fsp3) is 0.120. The van der Waals surface area contributed by atoms with E-state index < -0.39 is 5.91 Å². The van der Waals surface area contributed by atoms with Crippen LogP contribution in [0, 0.1) is 20.8 Å². The molecule has 4 nitrogen and oxygen atoms in total. The summed E-state index contributed by atoms with van der Waals surface area (Å²) in [7, 11) is 0. The molecule has 0 saturated carbocycles. The molecule has 1 aliphatic rings. The van der Waals surface area contributed by atoms with E-state index in [2.05, 4.69) is 5.32 Å². The summed E-state index contributed by atoms with van der Waals surface area (Å²) in [5, 5.41) is 3.68. The first-order valence-electron chi connectivity index (χ1n) is 9.65. The number of carbonyl (C=O) groups is 2. The van der Waals surface area contributed by atoms with Crippen LogP contribution in [0.3, 0.4) is 0 Å². The maximum absolute atomic E-state index is 13.5. The molecular weight excluding hydrogens is 396 g/mol. The van der Waals surface area contributed by atoms with Crippen molar-refractivity contribution in [3.63, 3.8) is 0 Å². The lowest BCUT2D eigenvalue weighted by Crippen LogP contribution is -2.33. The summed E-state index contributed by atoms with van der Waals surface area (Å²) in [5.74, 6) is -0.773. The maximum atomic E-state index is 13.5. The number of rotatable bonds is 4. The van der Waals surface area contributed by atoms with Gasteiger partial charge < -0.3 is 5.32 Å². The van der Waals surface area contributed by atoms with Gasteiger partial charge in [0.1, 0.15) is 5.70 Å². The highest BCUT2D eigenvalue weighted by atomic mass is 35.5. The molecule has 0 fully saturated rings. The highest BCUT2D eigenvalue weighted by molar-refractivity contribution is 6.46. The number of nitrogens with zero attached hydrogens (tertiary/aromatic N) is 1. The Kier molecular flexibility index (Phi) is 5.18. The van der Waals surface area contributed by atoms with Crippen molar-refractivity contribution in [2.24, 2.45) is 0 Å². The second-order valence-electron chi connectivity index (χ2n) is 7.44. The Labute approximate surface area is 180 Å². The van der Waals surface area contributed by atoms with Crippen molar-refractivity contribution in [2.45, 2.75) is 20.8 Å². The van der Waals surface area contributed by atoms with Gasteiger partial charge in [0.2, 0.25) is 0 Å². The van der Waals surface area contributed by atoms with Crippen LogP contribution in [0.4, 0.5) is 11.4 Å². The zero-order valence-electron chi connectivity index (χ0n) is 17.0. The average Bonchev–Trinajstić information content (AvgIpc) is 2.96. The van der Waals surface area contributed by atoms with E-state index in [4.69, 9.17) is 11.6 Å². The quantitative estimate of drug-likeness (QED) is 0.558. The SMILES string of the molecule is Cc1ccc(NC2=C(c3ccc(C)cc3)C(=O)N(c3cccc(Cl)c3C)C2=O)cc1. The Bertz CT molecular complexity index is 1180. The molecule has 0 spiro atoms. The van der Waals surface area contributed by atoms with Gasteiger partial charge in [-0.15, -0.1) is 0 Å². The Morgan fingerprint density at radius 2 is 1.37 bits per heavy atom. The number of amides is 2. The molecular formula is C25H21ClN2O2. The molecule has 0 bridgehead atoms. The number of anilines is 2. The average molecular weight is 417 g/mol. The van der Waals surface area contributed by atoms with Gasteiger partial charge in [0.25, 0.3) is 11.8 Å². The Hall–Kier alpha value is -3.37. The molecule has 4 rings (SSSR count). The summed E-state index contributed by atoms with van der Waals surface area (Å²) < 4.78 is 0. The van der Waals surface area contributed by atoms with Crippen molar-refractivity contribution in [3.8, 4) is 0 Å². The van der Waals surface area contributed by atoms with Crippen LogP contribution in [0.2, 0.25) is 5.02 Å². The highest BCUT2D eigenvalue weighted by Gasteiger charge is 2.41. The number of hydrogen-bond acceptors (Lipinski definition) is 3. The summed E-state index contributed by atoms with van der Waals surface area (Å²) >= 11 is 6.26. The van der Waals surface area contributed by atoms with Gasteiger partial charge in [-0.25, -0.2) is 4.90 Å². The Balaban J connectivity index is 1.84. The minimum atomic E-state index is -0.401. The van der Waals surface area contributed by atoms with Gasteiger partial charge in [-0.05, 0) is 56.2 Å². The van der Waals surface area contributed by atoms with E-state index in [0.29, 0.717) is 27.4 Å². The maximum Gasteiger partial charge on any atom is 0.282 e. The van der Waals surface area contributed by atoms with Crippen LogP contribution >= 0.6 is 11.6 Å². The number of carbonyl (C=O) groups excluding carboxylic acids is 2. The predicted octanol–water partition coefficient (Wildman–Crippen LogP) is 5.66. The monoisotopic (exact) mass is 416 g/mol. The van der Waals surface area contributed by atoms with Crippen molar-refractivity contribution in [2.75, 3.05) is 10.2 Å². The standard InChI is InChI=1S/C25H21ClN2O2/c1-15-7-11-18(12-8-15)22-23(27-19-13-9-16(2)10-14-19)25(30)28(24(22)29)21-6-4-5-20(26)17(21)3/h4-14,27H,1-3H3. The van der Waals surface area contributed by atoms with Crippen LogP contribution in [-0.2, 0) is 9.59 Å². The number of hydrogen-bond donors (Lipinski definition) is 1. The van der Waals surface area contributed by atoms with E-state index in [1.165, 1.54) is 4.90 Å². The van der Waals surface area contributed by atoms with Gasteiger partial charge in [-0.3, -0.25) is 9.59 Å². The molecule has 150 valence electrons. The van der Waals surface area contributed by atoms with E-state index in [9.17, 15) is 9.59 Å². The minimum absolute atomic E-state index is 0.257. The summed E-state index contributed by atoms with van der Waals surface area (Å²) in [6.07, 6.45) is 0. The van der Waals surface area contributed by atoms with Crippen LogP contribution in [0.25, 0.3) is 5.57 Å². The number of aryl methyl sites for hydroxylation is 2. The number of imide groups is 1. The zero-order chi connectivity index (χ0) is 21.4. The third kappa shape index (κ3) is 3.51. The third-order valence-corrected chi connectivity index (χ3v) is 5.63. The lowest BCUT2D eigenvalue weighted by Gasteiger charge is -2.18. The van der Waals surface area contributed by atoms with Crippen LogP contribution in [0.1, 0.15) is 22.3 Å². The minimum Gasteiger partial charge on any atom is -0.350 e. The first-order valence-corrected chi connectivity index (χ1v) is 10.0. The summed E-state index contributed by atoms with van der Waals surface area (Å²) in [6, 6.07) is 20.5. The first kappa shape index (κ1) is 19.9. The molecule has 1 aliphatic heterocycles. The van der Waals surface area contributed by atoms with Gasteiger partial charge in [0.05, 0.1) is 11.3 Å². The van der Waals surface area contributed by atoms with Gasteiger partial charge in [0, 0.05) is 10.7 Å². The second kappa shape index (κ2) is 7.81. The van der Waals surface area contributed by atoms with Crippen molar-refractivity contribution in [3.05, 3.63) is 99.7 Å². The zero-order valence-corrected chi connectivity index (χ0v) is 17.7. The number of nitrogens with one attached hydrogen (secondary N) is 1. The molecule has 1 N–H and O–H groups in total. The van der Waals surface area contributed by atoms with Crippen molar-refractivity contribution < 1.29 is 9.59 Å². The molecule has 3 aromatic rings. The lowest BCUT2D eigenvalue weighted by molar-refractivity contribution is -0.120. The number of benzene rings is 3. The molecule has 0 aromatic heterocycles. The van der Waals surface area contributed by atoms with Crippen LogP contribution in [0.15, 0.2) is 72.4 Å². The van der Waals surface area contributed by atoms with E-state index in [-0.39, 0.29) is 11.6 Å². The van der Waals surface area contributed by atoms with Gasteiger partial charge in [0.15, 0.2) is 0 Å². The number of halogens is 1. The van der Waals surface area contributed by atoms with Crippen LogP contribution < -0.4 is 10.2 Å². The smallest absolute Gasteiger partial charge is 0.282 e. The Morgan fingerprint density at radius 3 is 2.00 bits per heavy atom. The van der Waals surface area contributed by atoms with Gasteiger partial charge in [-0.2, -0.15) is 0 Å². The van der Waals surface area contributed by atoms with Crippen LogP contribution in [-0.4, -0.2) is 11.8 Å². The molecule has 1 heterocycles. The fourth-order valence-electron chi connectivity index (χ4n) is 3.47. The summed E-state index contributed by atoms with van der Waals surface area (Å²) in [6.45, 7) is 5.77. The molecule has 0 saturated heterocycles. The van der Waals surface area contributed by atoms with E-state index in [1.807, 2.05) is 62.4 Å². The molecule has 2 amide bonds. The van der Waals surface area contributed by atoms with E-state index >= 15 is 0 Å².